The number of sulfone groups is 1. The minimum absolute atomic E-state index is 0.117. The second-order valence-electron chi connectivity index (χ2n) is 8.17. The van der Waals surface area contributed by atoms with Crippen molar-refractivity contribution in [3.63, 3.8) is 0 Å². The van der Waals surface area contributed by atoms with Gasteiger partial charge in [-0.25, -0.2) is 13.4 Å². The van der Waals surface area contributed by atoms with Crippen LogP contribution in [0.2, 0.25) is 0 Å². The summed E-state index contributed by atoms with van der Waals surface area (Å²) in [7, 11) is -0.461. The van der Waals surface area contributed by atoms with Crippen molar-refractivity contribution >= 4 is 42.4 Å². The van der Waals surface area contributed by atoms with Crippen molar-refractivity contribution < 1.29 is 27.4 Å². The average molecular weight is 505 g/mol. The molecule has 4 rings (SSSR count). The number of nitrogens with zero attached hydrogens (tertiary/aromatic N) is 2. The lowest BCUT2D eigenvalue weighted by molar-refractivity contribution is -0.118. The molecule has 0 N–H and O–H groups in total. The highest BCUT2D eigenvalue weighted by Gasteiger charge is 2.28. The molecule has 3 aromatic rings. The Labute approximate surface area is 203 Å². The molecule has 182 valence electrons. The number of hydrogen-bond donors (Lipinski definition) is 0. The van der Waals surface area contributed by atoms with E-state index in [-0.39, 0.29) is 29.1 Å². The fourth-order valence-corrected chi connectivity index (χ4v) is 6.22. The first kappa shape index (κ1) is 24.4. The second-order valence-corrected chi connectivity index (χ2v) is 11.3. The molecule has 1 fully saturated rings. The van der Waals surface area contributed by atoms with E-state index >= 15 is 0 Å². The first-order chi connectivity index (χ1) is 16.3. The Hall–Kier alpha value is -2.69. The van der Waals surface area contributed by atoms with Gasteiger partial charge in [0.15, 0.2) is 15.0 Å². The molecular weight excluding hydrogens is 476 g/mol. The van der Waals surface area contributed by atoms with Crippen molar-refractivity contribution in [2.75, 3.05) is 38.0 Å². The van der Waals surface area contributed by atoms with E-state index in [0.717, 1.165) is 23.1 Å². The zero-order valence-corrected chi connectivity index (χ0v) is 21.1. The molecule has 8 nitrogen and oxygen atoms in total. The number of anilines is 1. The molecule has 1 saturated heterocycles. The first-order valence-electron chi connectivity index (χ1n) is 11.1. The average Bonchev–Trinajstić information content (AvgIpc) is 3.51. The number of aryl methyl sites for hydroxylation is 1. The van der Waals surface area contributed by atoms with Crippen LogP contribution >= 0.6 is 11.3 Å². The van der Waals surface area contributed by atoms with Crippen LogP contribution in [0.1, 0.15) is 24.8 Å². The van der Waals surface area contributed by atoms with Crippen LogP contribution < -0.4 is 14.4 Å². The van der Waals surface area contributed by atoms with Gasteiger partial charge in [0, 0.05) is 13.0 Å². The molecule has 10 heteroatoms. The van der Waals surface area contributed by atoms with Crippen molar-refractivity contribution in [2.24, 2.45) is 0 Å². The lowest BCUT2D eigenvalue weighted by atomic mass is 10.2. The maximum absolute atomic E-state index is 13.4. The second kappa shape index (κ2) is 10.3. The molecule has 0 spiro atoms. The smallest absolute Gasteiger partial charge is 0.229 e. The third-order valence-electron chi connectivity index (χ3n) is 5.81. The summed E-state index contributed by atoms with van der Waals surface area (Å²) in [5, 5.41) is 0.464. The summed E-state index contributed by atoms with van der Waals surface area (Å²) >= 11 is 1.31. The van der Waals surface area contributed by atoms with Crippen LogP contribution in [0.25, 0.3) is 10.2 Å². The summed E-state index contributed by atoms with van der Waals surface area (Å²) in [6.45, 7) is 2.86. The third kappa shape index (κ3) is 5.18. The van der Waals surface area contributed by atoms with Crippen molar-refractivity contribution in [1.29, 1.82) is 0 Å². The summed E-state index contributed by atoms with van der Waals surface area (Å²) in [6, 6.07) is 10.2. The van der Waals surface area contributed by atoms with Gasteiger partial charge < -0.3 is 14.2 Å². The number of aromatic nitrogens is 1. The SMILES string of the molecule is COc1ccc(OC)c2sc(N(CC3CCCO3)C(=O)CCS(=O)(=O)c3ccc(C)cc3)nc12. The number of rotatable bonds is 9. The predicted molar refractivity (Wildman–Crippen MR) is 132 cm³/mol. The Balaban J connectivity index is 1.62. The standard InChI is InChI=1S/C24H28N2O6S2/c1-16-6-8-18(9-7-16)34(28,29)14-12-21(27)26(15-17-5-4-13-32-17)24-25-22-19(30-2)10-11-20(31-3)23(22)33-24/h6-11,17H,4-5,12-15H2,1-3H3. The largest absolute Gasteiger partial charge is 0.495 e. The molecule has 2 aromatic carbocycles. The van der Waals surface area contributed by atoms with Gasteiger partial charge in [0.1, 0.15) is 21.7 Å². The van der Waals surface area contributed by atoms with Crippen molar-refractivity contribution in [3.05, 3.63) is 42.0 Å². The third-order valence-corrected chi connectivity index (χ3v) is 8.63. The zero-order valence-electron chi connectivity index (χ0n) is 19.4. The van der Waals surface area contributed by atoms with Gasteiger partial charge in [-0.05, 0) is 44.0 Å². The zero-order chi connectivity index (χ0) is 24.3. The van der Waals surface area contributed by atoms with Crippen LogP contribution in [0, 0.1) is 6.92 Å². The van der Waals surface area contributed by atoms with E-state index in [4.69, 9.17) is 14.2 Å². The molecule has 1 aliphatic rings. The fraction of sp³-hybridized carbons (Fsp3) is 0.417. The van der Waals surface area contributed by atoms with Gasteiger partial charge >= 0.3 is 0 Å². The van der Waals surface area contributed by atoms with E-state index in [1.165, 1.54) is 11.3 Å². The Morgan fingerprint density at radius 1 is 1.15 bits per heavy atom. The number of carbonyl (C=O) groups is 1. The number of methoxy groups -OCH3 is 2. The van der Waals surface area contributed by atoms with Crippen LogP contribution in [0.4, 0.5) is 5.13 Å². The maximum atomic E-state index is 13.4. The molecule has 1 unspecified atom stereocenters. The van der Waals surface area contributed by atoms with Gasteiger partial charge in [0.25, 0.3) is 0 Å². The molecule has 1 atom stereocenters. The summed E-state index contributed by atoms with van der Waals surface area (Å²) in [5.74, 6) is 0.605. The summed E-state index contributed by atoms with van der Waals surface area (Å²) in [6.07, 6.45) is 1.49. The van der Waals surface area contributed by atoms with Crippen LogP contribution in [-0.4, -0.2) is 58.5 Å². The molecule has 0 aliphatic carbocycles. The van der Waals surface area contributed by atoms with E-state index < -0.39 is 9.84 Å². The lowest BCUT2D eigenvalue weighted by Gasteiger charge is -2.23. The number of benzene rings is 2. The van der Waals surface area contributed by atoms with E-state index in [1.807, 2.05) is 6.92 Å². The molecule has 0 bridgehead atoms. The summed E-state index contributed by atoms with van der Waals surface area (Å²) in [5.41, 5.74) is 1.57. The monoisotopic (exact) mass is 504 g/mol. The number of ether oxygens (including phenoxy) is 3. The molecular formula is C24H28N2O6S2. The minimum atomic E-state index is -3.60. The number of thiazole rings is 1. The minimum Gasteiger partial charge on any atom is -0.495 e. The lowest BCUT2D eigenvalue weighted by Crippen LogP contribution is -2.38. The Morgan fingerprint density at radius 3 is 2.50 bits per heavy atom. The molecule has 1 aliphatic heterocycles. The fourth-order valence-electron chi connectivity index (χ4n) is 3.89. The van der Waals surface area contributed by atoms with Gasteiger partial charge in [-0.2, -0.15) is 0 Å². The molecule has 0 radical (unpaired) electrons. The van der Waals surface area contributed by atoms with Gasteiger partial charge in [-0.1, -0.05) is 29.0 Å². The topological polar surface area (TPSA) is 95.0 Å². The number of carbonyl (C=O) groups excluding carboxylic acids is 1. The predicted octanol–water partition coefficient (Wildman–Crippen LogP) is 4.00. The van der Waals surface area contributed by atoms with Gasteiger partial charge in [-0.15, -0.1) is 0 Å². The van der Waals surface area contributed by atoms with Crippen molar-refractivity contribution in [1.82, 2.24) is 4.98 Å². The first-order valence-corrected chi connectivity index (χ1v) is 13.5. The molecule has 2 heterocycles. The molecule has 0 saturated carbocycles. The van der Waals surface area contributed by atoms with Crippen LogP contribution in [0.3, 0.4) is 0 Å². The van der Waals surface area contributed by atoms with Crippen LogP contribution in [0.15, 0.2) is 41.3 Å². The summed E-state index contributed by atoms with van der Waals surface area (Å²) in [4.78, 5) is 19.8. The van der Waals surface area contributed by atoms with Gasteiger partial charge in [-0.3, -0.25) is 9.69 Å². The number of hydrogen-bond acceptors (Lipinski definition) is 8. The number of amides is 1. The van der Waals surface area contributed by atoms with Crippen molar-refractivity contribution in [3.8, 4) is 11.5 Å². The summed E-state index contributed by atoms with van der Waals surface area (Å²) < 4.78 is 43.1. The molecule has 34 heavy (non-hydrogen) atoms. The quantitative estimate of drug-likeness (QED) is 0.435. The highest BCUT2D eigenvalue weighted by Crippen LogP contribution is 2.40. The Bertz CT molecular complexity index is 1220. The van der Waals surface area contributed by atoms with E-state index in [2.05, 4.69) is 4.98 Å². The Morgan fingerprint density at radius 2 is 1.85 bits per heavy atom. The Kier molecular flexibility index (Phi) is 7.39. The van der Waals surface area contributed by atoms with Crippen LogP contribution in [-0.2, 0) is 19.4 Å². The highest BCUT2D eigenvalue weighted by atomic mass is 32.2. The number of fused-ring (bicyclic) bond motifs is 1. The molecule has 1 amide bonds. The van der Waals surface area contributed by atoms with E-state index in [0.29, 0.717) is 35.3 Å². The van der Waals surface area contributed by atoms with Gasteiger partial charge in [0.05, 0.1) is 37.5 Å². The maximum Gasteiger partial charge on any atom is 0.229 e. The highest BCUT2D eigenvalue weighted by molar-refractivity contribution is 7.91. The van der Waals surface area contributed by atoms with Crippen molar-refractivity contribution in [2.45, 2.75) is 37.2 Å². The van der Waals surface area contributed by atoms with Gasteiger partial charge in [0.2, 0.25) is 5.91 Å². The molecule has 1 aromatic heterocycles. The van der Waals surface area contributed by atoms with E-state index in [1.54, 1.807) is 55.5 Å². The van der Waals surface area contributed by atoms with Crippen LogP contribution in [0.5, 0.6) is 11.5 Å². The normalized spacial score (nSPS) is 16.0. The van der Waals surface area contributed by atoms with E-state index in [9.17, 15) is 13.2 Å².